The van der Waals surface area contributed by atoms with Crippen LogP contribution in [0.1, 0.15) is 38.5 Å². The molecular formula is C11H19NO2. The van der Waals surface area contributed by atoms with E-state index < -0.39 is 0 Å². The summed E-state index contributed by atoms with van der Waals surface area (Å²) < 4.78 is 5.56. The van der Waals surface area contributed by atoms with Gasteiger partial charge in [0, 0.05) is 19.7 Å². The molecule has 14 heavy (non-hydrogen) atoms. The van der Waals surface area contributed by atoms with Crippen molar-refractivity contribution in [3.05, 3.63) is 0 Å². The van der Waals surface area contributed by atoms with Crippen molar-refractivity contribution in [1.82, 2.24) is 4.90 Å². The number of hydrogen-bond donors (Lipinski definition) is 0. The molecule has 2 heterocycles. The lowest BCUT2D eigenvalue weighted by atomic mass is 10.1. The SMILES string of the molecule is O=C(CC1CCCCO1)N1CCCC1. The van der Waals surface area contributed by atoms with Gasteiger partial charge in [-0.25, -0.2) is 0 Å². The Morgan fingerprint density at radius 1 is 1.21 bits per heavy atom. The number of carbonyl (C=O) groups excluding carboxylic acids is 1. The lowest BCUT2D eigenvalue weighted by Gasteiger charge is -2.24. The Hall–Kier alpha value is -0.570. The maximum atomic E-state index is 11.8. The average molecular weight is 197 g/mol. The number of amides is 1. The molecule has 3 heteroatoms. The maximum Gasteiger partial charge on any atom is 0.225 e. The molecule has 0 bridgehead atoms. The highest BCUT2D eigenvalue weighted by Crippen LogP contribution is 2.18. The molecule has 0 aromatic rings. The van der Waals surface area contributed by atoms with Gasteiger partial charge in [0.05, 0.1) is 12.5 Å². The van der Waals surface area contributed by atoms with Gasteiger partial charge in [0.1, 0.15) is 0 Å². The van der Waals surface area contributed by atoms with Crippen molar-refractivity contribution in [2.45, 2.75) is 44.6 Å². The van der Waals surface area contributed by atoms with Crippen molar-refractivity contribution in [2.24, 2.45) is 0 Å². The van der Waals surface area contributed by atoms with Gasteiger partial charge in [-0.05, 0) is 32.1 Å². The van der Waals surface area contributed by atoms with Crippen LogP contribution in [0.4, 0.5) is 0 Å². The Bertz CT molecular complexity index is 193. The summed E-state index contributed by atoms with van der Waals surface area (Å²) in [5, 5.41) is 0. The topological polar surface area (TPSA) is 29.5 Å². The van der Waals surface area contributed by atoms with Crippen molar-refractivity contribution in [1.29, 1.82) is 0 Å². The molecular weight excluding hydrogens is 178 g/mol. The Balaban J connectivity index is 1.75. The van der Waals surface area contributed by atoms with Crippen molar-refractivity contribution in [2.75, 3.05) is 19.7 Å². The minimum atomic E-state index is 0.205. The first kappa shape index (κ1) is 9.97. The second-order valence-electron chi connectivity index (χ2n) is 4.28. The molecule has 3 nitrogen and oxygen atoms in total. The summed E-state index contributed by atoms with van der Waals surface area (Å²) in [7, 11) is 0. The number of ether oxygens (including phenoxy) is 1. The number of rotatable bonds is 2. The first-order valence-corrected chi connectivity index (χ1v) is 5.75. The van der Waals surface area contributed by atoms with Crippen molar-refractivity contribution >= 4 is 5.91 Å². The van der Waals surface area contributed by atoms with Gasteiger partial charge in [-0.2, -0.15) is 0 Å². The molecule has 0 aromatic carbocycles. The summed E-state index contributed by atoms with van der Waals surface area (Å²) in [5.41, 5.74) is 0. The van der Waals surface area contributed by atoms with Gasteiger partial charge in [0.25, 0.3) is 0 Å². The van der Waals surface area contributed by atoms with Crippen LogP contribution >= 0.6 is 0 Å². The molecule has 0 saturated carbocycles. The van der Waals surface area contributed by atoms with Gasteiger partial charge in [0.2, 0.25) is 5.91 Å². The Kier molecular flexibility index (Phi) is 3.40. The van der Waals surface area contributed by atoms with E-state index in [2.05, 4.69) is 0 Å². The summed E-state index contributed by atoms with van der Waals surface area (Å²) in [4.78, 5) is 13.7. The van der Waals surface area contributed by atoms with Gasteiger partial charge in [-0.15, -0.1) is 0 Å². The van der Waals surface area contributed by atoms with E-state index in [1.165, 1.54) is 19.3 Å². The zero-order valence-corrected chi connectivity index (χ0v) is 8.71. The first-order chi connectivity index (χ1) is 6.86. The van der Waals surface area contributed by atoms with E-state index in [0.29, 0.717) is 12.3 Å². The quantitative estimate of drug-likeness (QED) is 0.672. The van der Waals surface area contributed by atoms with E-state index in [-0.39, 0.29) is 6.10 Å². The summed E-state index contributed by atoms with van der Waals surface area (Å²) in [6.07, 6.45) is 6.62. The van der Waals surface area contributed by atoms with Gasteiger partial charge in [-0.3, -0.25) is 4.79 Å². The molecule has 0 spiro atoms. The summed E-state index contributed by atoms with van der Waals surface area (Å²) in [6.45, 7) is 2.77. The standard InChI is InChI=1S/C11H19NO2/c13-11(12-6-2-3-7-12)9-10-5-1-4-8-14-10/h10H,1-9H2. The third-order valence-corrected chi connectivity index (χ3v) is 3.14. The highest BCUT2D eigenvalue weighted by atomic mass is 16.5. The van der Waals surface area contributed by atoms with Crippen LogP contribution in [-0.4, -0.2) is 36.6 Å². The van der Waals surface area contributed by atoms with Crippen LogP contribution in [0.5, 0.6) is 0 Å². The molecule has 1 atom stereocenters. The second kappa shape index (κ2) is 4.78. The molecule has 2 aliphatic rings. The fraction of sp³-hybridized carbons (Fsp3) is 0.909. The van der Waals surface area contributed by atoms with Crippen LogP contribution in [0.25, 0.3) is 0 Å². The van der Waals surface area contributed by atoms with Gasteiger partial charge in [0.15, 0.2) is 0 Å². The maximum absolute atomic E-state index is 11.8. The highest BCUT2D eigenvalue weighted by Gasteiger charge is 2.23. The van der Waals surface area contributed by atoms with E-state index in [1.807, 2.05) is 4.90 Å². The average Bonchev–Trinajstić information content (AvgIpc) is 2.72. The molecule has 1 amide bonds. The minimum absolute atomic E-state index is 0.205. The Morgan fingerprint density at radius 3 is 2.64 bits per heavy atom. The molecule has 2 aliphatic heterocycles. The number of carbonyl (C=O) groups is 1. The summed E-state index contributed by atoms with van der Waals surface area (Å²) in [6, 6.07) is 0. The van der Waals surface area contributed by atoms with Crippen molar-refractivity contribution < 1.29 is 9.53 Å². The van der Waals surface area contributed by atoms with Gasteiger partial charge >= 0.3 is 0 Å². The Morgan fingerprint density at radius 2 is 2.00 bits per heavy atom. The highest BCUT2D eigenvalue weighted by molar-refractivity contribution is 5.76. The molecule has 2 fully saturated rings. The minimum Gasteiger partial charge on any atom is -0.378 e. The summed E-state index contributed by atoms with van der Waals surface area (Å²) in [5.74, 6) is 0.300. The molecule has 2 rings (SSSR count). The second-order valence-corrected chi connectivity index (χ2v) is 4.28. The predicted molar refractivity (Wildman–Crippen MR) is 54.0 cm³/mol. The van der Waals surface area contributed by atoms with Crippen LogP contribution in [0.15, 0.2) is 0 Å². The molecule has 0 radical (unpaired) electrons. The lowest BCUT2D eigenvalue weighted by molar-refractivity contribution is -0.134. The first-order valence-electron chi connectivity index (χ1n) is 5.75. The van der Waals surface area contributed by atoms with E-state index in [0.717, 1.165) is 32.5 Å². The van der Waals surface area contributed by atoms with E-state index in [1.54, 1.807) is 0 Å². The molecule has 80 valence electrons. The molecule has 2 saturated heterocycles. The van der Waals surface area contributed by atoms with Crippen molar-refractivity contribution in [3.8, 4) is 0 Å². The third-order valence-electron chi connectivity index (χ3n) is 3.14. The van der Waals surface area contributed by atoms with Crippen LogP contribution in [0.2, 0.25) is 0 Å². The Labute approximate surface area is 85.4 Å². The fourth-order valence-corrected chi connectivity index (χ4v) is 2.26. The lowest BCUT2D eigenvalue weighted by Crippen LogP contribution is -2.32. The number of nitrogens with zero attached hydrogens (tertiary/aromatic N) is 1. The monoisotopic (exact) mass is 197 g/mol. The van der Waals surface area contributed by atoms with E-state index in [4.69, 9.17) is 4.74 Å². The van der Waals surface area contributed by atoms with Gasteiger partial charge < -0.3 is 9.64 Å². The predicted octanol–water partition coefficient (Wildman–Crippen LogP) is 1.57. The van der Waals surface area contributed by atoms with Crippen LogP contribution in [-0.2, 0) is 9.53 Å². The zero-order valence-electron chi connectivity index (χ0n) is 8.71. The largest absolute Gasteiger partial charge is 0.378 e. The third kappa shape index (κ3) is 2.47. The van der Waals surface area contributed by atoms with E-state index in [9.17, 15) is 4.79 Å². The molecule has 1 unspecified atom stereocenters. The smallest absolute Gasteiger partial charge is 0.225 e. The van der Waals surface area contributed by atoms with Crippen LogP contribution in [0, 0.1) is 0 Å². The molecule has 0 aromatic heterocycles. The van der Waals surface area contributed by atoms with Gasteiger partial charge in [-0.1, -0.05) is 0 Å². The molecule has 0 N–H and O–H groups in total. The summed E-state index contributed by atoms with van der Waals surface area (Å²) >= 11 is 0. The zero-order chi connectivity index (χ0) is 9.80. The fourth-order valence-electron chi connectivity index (χ4n) is 2.26. The van der Waals surface area contributed by atoms with Crippen molar-refractivity contribution in [3.63, 3.8) is 0 Å². The normalized spacial score (nSPS) is 28.0. The van der Waals surface area contributed by atoms with E-state index >= 15 is 0 Å². The number of hydrogen-bond acceptors (Lipinski definition) is 2. The van der Waals surface area contributed by atoms with Crippen LogP contribution < -0.4 is 0 Å². The molecule has 0 aliphatic carbocycles. The van der Waals surface area contributed by atoms with Crippen LogP contribution in [0.3, 0.4) is 0 Å². The number of likely N-dealkylation sites (tertiary alicyclic amines) is 1.